The Morgan fingerprint density at radius 2 is 1.45 bits per heavy atom. The Morgan fingerprint density at radius 3 is 1.91 bits per heavy atom. The summed E-state index contributed by atoms with van der Waals surface area (Å²) in [6, 6.07) is 0. The normalized spacial score (nSPS) is 26.1. The molecule has 7 nitrogen and oxygen atoms in total. The molecule has 2 rings (SSSR count). The number of carbonyl (C=O) groups is 3. The van der Waals surface area contributed by atoms with Crippen LogP contribution in [0.15, 0.2) is 0 Å². The molecule has 2 aliphatic rings. The molecule has 2 aliphatic heterocycles. The number of aliphatic carboxylic acids is 1. The average Bonchev–Trinajstić information content (AvgIpc) is 2.95. The molecule has 2 fully saturated rings. The molecule has 0 aromatic heterocycles. The summed E-state index contributed by atoms with van der Waals surface area (Å²) in [5.41, 5.74) is -0.421. The van der Waals surface area contributed by atoms with E-state index in [4.69, 9.17) is 9.84 Å². The lowest BCUT2D eigenvalue weighted by atomic mass is 9.94. The molecule has 2 saturated heterocycles. The number of carboxylic acids is 1. The van der Waals surface area contributed by atoms with Crippen LogP contribution < -0.4 is 0 Å². The molecular formula is C15H24N2O5. The van der Waals surface area contributed by atoms with Crippen LogP contribution in [0, 0.1) is 5.41 Å². The van der Waals surface area contributed by atoms with Crippen molar-refractivity contribution in [1.82, 2.24) is 9.80 Å². The lowest BCUT2D eigenvalue weighted by molar-refractivity contribution is -0.157. The smallest absolute Gasteiger partial charge is 0.332 e. The van der Waals surface area contributed by atoms with Crippen LogP contribution in [0.3, 0.4) is 0 Å². The third kappa shape index (κ3) is 3.58. The van der Waals surface area contributed by atoms with Crippen molar-refractivity contribution < 1.29 is 24.2 Å². The average molecular weight is 312 g/mol. The number of ether oxygens (including phenoxy) is 1. The maximum absolute atomic E-state index is 12.3. The van der Waals surface area contributed by atoms with Crippen molar-refractivity contribution in [1.29, 1.82) is 0 Å². The van der Waals surface area contributed by atoms with Gasteiger partial charge in [-0.05, 0) is 12.8 Å². The third-order valence-electron chi connectivity index (χ3n) is 4.09. The van der Waals surface area contributed by atoms with E-state index in [0.717, 1.165) is 0 Å². The highest BCUT2D eigenvalue weighted by atomic mass is 16.5. The summed E-state index contributed by atoms with van der Waals surface area (Å²) in [6.07, 6.45) is -0.728. The number of hydrogen-bond donors (Lipinski definition) is 1. The predicted molar refractivity (Wildman–Crippen MR) is 78.1 cm³/mol. The molecule has 0 saturated carbocycles. The van der Waals surface area contributed by atoms with Gasteiger partial charge in [-0.15, -0.1) is 0 Å². The van der Waals surface area contributed by atoms with E-state index in [1.54, 1.807) is 9.80 Å². The van der Waals surface area contributed by atoms with Gasteiger partial charge < -0.3 is 19.6 Å². The molecule has 0 aromatic rings. The van der Waals surface area contributed by atoms with Gasteiger partial charge in [-0.2, -0.15) is 0 Å². The zero-order chi connectivity index (χ0) is 16.5. The van der Waals surface area contributed by atoms with E-state index in [1.807, 2.05) is 20.8 Å². The first-order valence-corrected chi connectivity index (χ1v) is 7.66. The summed E-state index contributed by atoms with van der Waals surface area (Å²) in [5.74, 6) is -1.09. The molecule has 1 N–H and O–H groups in total. The van der Waals surface area contributed by atoms with E-state index in [-0.39, 0.29) is 11.8 Å². The number of amides is 2. The van der Waals surface area contributed by atoms with Crippen molar-refractivity contribution in [3.8, 4) is 0 Å². The molecule has 7 heteroatoms. The van der Waals surface area contributed by atoms with Gasteiger partial charge in [0.05, 0.1) is 0 Å². The van der Waals surface area contributed by atoms with Gasteiger partial charge in [0.15, 0.2) is 6.10 Å². The first-order valence-electron chi connectivity index (χ1n) is 7.66. The number of carbonyl (C=O) groups excluding carboxylic acids is 2. The summed E-state index contributed by atoms with van der Waals surface area (Å²) >= 11 is 0. The molecule has 2 amide bonds. The lowest BCUT2D eigenvalue weighted by Gasteiger charge is -2.38. The molecule has 0 aromatic carbocycles. The van der Waals surface area contributed by atoms with Gasteiger partial charge >= 0.3 is 5.97 Å². The van der Waals surface area contributed by atoms with Crippen molar-refractivity contribution in [2.45, 2.75) is 45.8 Å². The van der Waals surface area contributed by atoms with Crippen LogP contribution in [0.1, 0.15) is 33.6 Å². The number of hydrogen-bond acceptors (Lipinski definition) is 4. The molecule has 0 unspecified atom stereocenters. The van der Waals surface area contributed by atoms with E-state index in [0.29, 0.717) is 39.0 Å². The zero-order valence-corrected chi connectivity index (χ0v) is 13.4. The second kappa shape index (κ2) is 6.24. The summed E-state index contributed by atoms with van der Waals surface area (Å²) < 4.78 is 5.30. The van der Waals surface area contributed by atoms with Crippen LogP contribution in [0.5, 0.6) is 0 Å². The topological polar surface area (TPSA) is 87.2 Å². The van der Waals surface area contributed by atoms with E-state index in [1.165, 1.54) is 0 Å². The SMILES string of the molecule is CC(C)(C)C(=O)N1CCN(C(=O)[C@@H]2CC[C@H](C(=O)O)O2)CC1. The Labute approximate surface area is 130 Å². The molecule has 124 valence electrons. The zero-order valence-electron chi connectivity index (χ0n) is 13.4. The standard InChI is InChI=1S/C15H24N2O5/c1-15(2,3)14(21)17-8-6-16(7-9-17)12(18)10-4-5-11(22-10)13(19)20/h10-11H,4-9H2,1-3H3,(H,19,20)/t10-,11+/m0/s1. The van der Waals surface area contributed by atoms with Crippen molar-refractivity contribution in [2.24, 2.45) is 5.41 Å². The Kier molecular flexibility index (Phi) is 4.75. The van der Waals surface area contributed by atoms with Crippen molar-refractivity contribution >= 4 is 17.8 Å². The van der Waals surface area contributed by atoms with Crippen LogP contribution in [0.25, 0.3) is 0 Å². The van der Waals surface area contributed by atoms with Gasteiger partial charge in [0.25, 0.3) is 5.91 Å². The number of carboxylic acid groups (broad SMARTS) is 1. The van der Waals surface area contributed by atoms with E-state index in [2.05, 4.69) is 0 Å². The number of rotatable bonds is 2. The Hall–Kier alpha value is -1.63. The summed E-state index contributed by atoms with van der Waals surface area (Å²) in [7, 11) is 0. The molecule has 0 bridgehead atoms. The Morgan fingerprint density at radius 1 is 0.955 bits per heavy atom. The van der Waals surface area contributed by atoms with Crippen LogP contribution in [0.2, 0.25) is 0 Å². The molecule has 0 radical (unpaired) electrons. The van der Waals surface area contributed by atoms with Gasteiger partial charge in [-0.1, -0.05) is 20.8 Å². The number of piperazine rings is 1. The van der Waals surface area contributed by atoms with Crippen molar-refractivity contribution in [3.05, 3.63) is 0 Å². The monoisotopic (exact) mass is 312 g/mol. The highest BCUT2D eigenvalue weighted by Crippen LogP contribution is 2.23. The molecule has 2 atom stereocenters. The van der Waals surface area contributed by atoms with Gasteiger partial charge in [-0.25, -0.2) is 4.79 Å². The van der Waals surface area contributed by atoms with E-state index in [9.17, 15) is 14.4 Å². The molecule has 0 spiro atoms. The van der Waals surface area contributed by atoms with E-state index >= 15 is 0 Å². The minimum Gasteiger partial charge on any atom is -0.479 e. The lowest BCUT2D eigenvalue weighted by Crippen LogP contribution is -2.54. The summed E-state index contributed by atoms with van der Waals surface area (Å²) in [5, 5.41) is 8.90. The molecular weight excluding hydrogens is 288 g/mol. The first-order chi connectivity index (χ1) is 10.2. The minimum atomic E-state index is -1.02. The fourth-order valence-corrected chi connectivity index (χ4v) is 2.81. The molecule has 0 aliphatic carbocycles. The second-order valence-corrected chi connectivity index (χ2v) is 6.90. The van der Waals surface area contributed by atoms with E-state index < -0.39 is 23.6 Å². The highest BCUT2D eigenvalue weighted by molar-refractivity contribution is 5.84. The molecule has 22 heavy (non-hydrogen) atoms. The van der Waals surface area contributed by atoms with Gasteiger partial charge in [-0.3, -0.25) is 9.59 Å². The fraction of sp³-hybridized carbons (Fsp3) is 0.800. The number of nitrogens with zero attached hydrogens (tertiary/aromatic N) is 2. The van der Waals surface area contributed by atoms with Gasteiger partial charge in [0.1, 0.15) is 6.10 Å². The summed E-state index contributed by atoms with van der Waals surface area (Å²) in [4.78, 5) is 38.9. The second-order valence-electron chi connectivity index (χ2n) is 6.90. The summed E-state index contributed by atoms with van der Waals surface area (Å²) in [6.45, 7) is 7.60. The van der Waals surface area contributed by atoms with Crippen LogP contribution in [0.4, 0.5) is 0 Å². The predicted octanol–water partition coefficient (Wildman–Crippen LogP) is 0.336. The Bertz CT molecular complexity index is 463. The highest BCUT2D eigenvalue weighted by Gasteiger charge is 2.38. The third-order valence-corrected chi connectivity index (χ3v) is 4.09. The minimum absolute atomic E-state index is 0.0858. The maximum atomic E-state index is 12.3. The molecule has 2 heterocycles. The van der Waals surface area contributed by atoms with Crippen molar-refractivity contribution in [2.75, 3.05) is 26.2 Å². The van der Waals surface area contributed by atoms with Crippen LogP contribution in [-0.4, -0.2) is 71.1 Å². The van der Waals surface area contributed by atoms with Crippen LogP contribution in [-0.2, 0) is 19.1 Å². The Balaban J connectivity index is 1.86. The van der Waals surface area contributed by atoms with Gasteiger partial charge in [0, 0.05) is 31.6 Å². The maximum Gasteiger partial charge on any atom is 0.332 e. The van der Waals surface area contributed by atoms with Crippen LogP contribution >= 0.6 is 0 Å². The largest absolute Gasteiger partial charge is 0.479 e. The fourth-order valence-electron chi connectivity index (χ4n) is 2.81. The van der Waals surface area contributed by atoms with Gasteiger partial charge in [0.2, 0.25) is 5.91 Å². The van der Waals surface area contributed by atoms with Crippen molar-refractivity contribution in [3.63, 3.8) is 0 Å². The first kappa shape index (κ1) is 16.7. The quantitative estimate of drug-likeness (QED) is 0.794.